The van der Waals surface area contributed by atoms with E-state index >= 15 is 0 Å². The van der Waals surface area contributed by atoms with Crippen LogP contribution in [0.1, 0.15) is 29.6 Å². The molecule has 0 aromatic heterocycles. The van der Waals surface area contributed by atoms with E-state index in [1.165, 1.54) is 12.1 Å². The summed E-state index contributed by atoms with van der Waals surface area (Å²) in [7, 11) is -3.68. The molecule has 6 nitrogen and oxygen atoms in total. The molecule has 20 heavy (non-hydrogen) atoms. The van der Waals surface area contributed by atoms with Gasteiger partial charge in [-0.25, -0.2) is 13.2 Å². The quantitative estimate of drug-likeness (QED) is 0.813. The third kappa shape index (κ3) is 1.81. The van der Waals surface area contributed by atoms with E-state index in [9.17, 15) is 18.0 Å². The van der Waals surface area contributed by atoms with Gasteiger partial charge in [-0.3, -0.25) is 4.79 Å². The van der Waals surface area contributed by atoms with Crippen LogP contribution in [0.15, 0.2) is 23.1 Å². The molecule has 1 aliphatic heterocycles. The molecule has 1 spiro atoms. The monoisotopic (exact) mass is 295 g/mol. The van der Waals surface area contributed by atoms with Gasteiger partial charge >= 0.3 is 5.97 Å². The fraction of sp³-hybridized carbons (Fsp3) is 0.385. The highest BCUT2D eigenvalue weighted by atomic mass is 32.2. The number of sulfone groups is 1. The van der Waals surface area contributed by atoms with Gasteiger partial charge in [0.25, 0.3) is 0 Å². The molecule has 7 heteroatoms. The second-order valence-corrected chi connectivity index (χ2v) is 7.32. The summed E-state index contributed by atoms with van der Waals surface area (Å²) in [6.07, 6.45) is 1.94. The summed E-state index contributed by atoms with van der Waals surface area (Å²) in [4.78, 5) is 23.1. The molecule has 0 saturated heterocycles. The Morgan fingerprint density at radius 1 is 1.30 bits per heavy atom. The number of fused-ring (bicyclic) bond motifs is 1. The summed E-state index contributed by atoms with van der Waals surface area (Å²) in [5.41, 5.74) is -0.781. The van der Waals surface area contributed by atoms with E-state index in [1.54, 1.807) is 0 Å². The first-order chi connectivity index (χ1) is 9.34. The van der Waals surface area contributed by atoms with E-state index in [0.717, 1.165) is 12.5 Å². The van der Waals surface area contributed by atoms with Crippen LogP contribution in [0.5, 0.6) is 0 Å². The highest BCUT2D eigenvalue weighted by molar-refractivity contribution is 7.91. The molecule has 0 bridgehead atoms. The van der Waals surface area contributed by atoms with Crippen LogP contribution >= 0.6 is 0 Å². The molecular weight excluding hydrogens is 282 g/mol. The number of hydrogen-bond donors (Lipinski definition) is 2. The van der Waals surface area contributed by atoms with Gasteiger partial charge in [-0.1, -0.05) is 6.42 Å². The lowest BCUT2D eigenvalue weighted by Crippen LogP contribution is -2.45. The number of nitrogens with one attached hydrogen (secondary N) is 1. The van der Waals surface area contributed by atoms with Crippen molar-refractivity contribution in [1.29, 1.82) is 0 Å². The van der Waals surface area contributed by atoms with E-state index in [-0.39, 0.29) is 27.8 Å². The summed E-state index contributed by atoms with van der Waals surface area (Å²) in [6, 6.07) is 3.74. The Bertz CT molecular complexity index is 718. The van der Waals surface area contributed by atoms with Crippen molar-refractivity contribution in [2.45, 2.75) is 24.2 Å². The number of aromatic carboxylic acids is 1. The predicted octanol–water partition coefficient (Wildman–Crippen LogP) is 1.28. The fourth-order valence-corrected chi connectivity index (χ4v) is 4.82. The Morgan fingerprint density at radius 3 is 2.55 bits per heavy atom. The molecule has 3 rings (SSSR count). The van der Waals surface area contributed by atoms with Gasteiger partial charge in [-0.2, -0.15) is 0 Å². The van der Waals surface area contributed by atoms with Crippen LogP contribution in [-0.4, -0.2) is 31.2 Å². The number of benzene rings is 1. The topological polar surface area (TPSA) is 101 Å². The maximum atomic E-state index is 12.4. The average Bonchev–Trinajstić information content (AvgIpc) is 2.41. The summed E-state index contributed by atoms with van der Waals surface area (Å²) in [5.74, 6) is -1.73. The largest absolute Gasteiger partial charge is 0.478 e. The first kappa shape index (κ1) is 13.1. The predicted molar refractivity (Wildman–Crippen MR) is 70.4 cm³/mol. The van der Waals surface area contributed by atoms with Gasteiger partial charge < -0.3 is 10.4 Å². The van der Waals surface area contributed by atoms with Gasteiger partial charge in [0.05, 0.1) is 27.3 Å². The molecule has 2 aliphatic rings. The standard InChI is InChI=1S/C13H13NO5S/c15-11(16)8-2-3-9-10(6-8)20(18,19)7-13(4-1-5-13)12(17)14-9/h2-3,6H,1,4-5,7H2,(H,14,17)(H,15,16). The lowest BCUT2D eigenvalue weighted by atomic mass is 9.69. The Morgan fingerprint density at radius 2 is 2.00 bits per heavy atom. The fourth-order valence-electron chi connectivity index (χ4n) is 2.75. The summed E-state index contributed by atoms with van der Waals surface area (Å²) >= 11 is 0. The zero-order valence-electron chi connectivity index (χ0n) is 10.5. The second kappa shape index (κ2) is 4.05. The molecule has 1 aromatic carbocycles. The number of carbonyl (C=O) groups excluding carboxylic acids is 1. The van der Waals surface area contributed by atoms with Gasteiger partial charge in [0, 0.05) is 0 Å². The number of hydrogen-bond acceptors (Lipinski definition) is 4. The normalized spacial score (nSPS) is 22.3. The molecule has 1 aromatic rings. The molecule has 2 N–H and O–H groups in total. The molecular formula is C13H13NO5S. The van der Waals surface area contributed by atoms with Crippen molar-refractivity contribution in [3.63, 3.8) is 0 Å². The summed E-state index contributed by atoms with van der Waals surface area (Å²) in [5, 5.41) is 11.6. The third-order valence-corrected chi connectivity index (χ3v) is 6.01. The average molecular weight is 295 g/mol. The van der Waals surface area contributed by atoms with Crippen LogP contribution in [-0.2, 0) is 14.6 Å². The number of rotatable bonds is 1. The lowest BCUT2D eigenvalue weighted by molar-refractivity contribution is -0.128. The maximum Gasteiger partial charge on any atom is 0.335 e. The van der Waals surface area contributed by atoms with Crippen molar-refractivity contribution in [2.75, 3.05) is 11.1 Å². The molecule has 0 radical (unpaired) electrons. The Labute approximate surface area is 115 Å². The van der Waals surface area contributed by atoms with Crippen molar-refractivity contribution < 1.29 is 23.1 Å². The van der Waals surface area contributed by atoms with Gasteiger partial charge in [0.2, 0.25) is 5.91 Å². The van der Waals surface area contributed by atoms with Crippen molar-refractivity contribution in [3.8, 4) is 0 Å². The molecule has 1 aliphatic carbocycles. The minimum atomic E-state index is -3.68. The van der Waals surface area contributed by atoms with Crippen LogP contribution in [0.4, 0.5) is 5.69 Å². The SMILES string of the molecule is O=C(O)c1ccc2c(c1)S(=O)(=O)CC1(CCC1)C(=O)N2. The van der Waals surface area contributed by atoms with Crippen LogP contribution in [0.3, 0.4) is 0 Å². The second-order valence-electron chi connectivity index (χ2n) is 5.36. The van der Waals surface area contributed by atoms with Crippen molar-refractivity contribution in [1.82, 2.24) is 0 Å². The highest BCUT2D eigenvalue weighted by Gasteiger charge is 2.50. The smallest absolute Gasteiger partial charge is 0.335 e. The Kier molecular flexibility index (Phi) is 2.66. The molecule has 1 saturated carbocycles. The molecule has 106 valence electrons. The maximum absolute atomic E-state index is 12.4. The summed E-state index contributed by atoms with van der Waals surface area (Å²) < 4.78 is 24.9. The number of carboxylic acids is 1. The zero-order chi connectivity index (χ0) is 14.5. The number of anilines is 1. The first-order valence-electron chi connectivity index (χ1n) is 6.26. The van der Waals surface area contributed by atoms with Crippen LogP contribution in [0, 0.1) is 5.41 Å². The molecule has 0 atom stereocenters. The van der Waals surface area contributed by atoms with E-state index < -0.39 is 21.2 Å². The molecule has 1 heterocycles. The highest BCUT2D eigenvalue weighted by Crippen LogP contribution is 2.46. The first-order valence-corrected chi connectivity index (χ1v) is 7.91. The summed E-state index contributed by atoms with van der Waals surface area (Å²) in [6.45, 7) is 0. The Hall–Kier alpha value is -1.89. The number of amides is 1. The van der Waals surface area contributed by atoms with Crippen molar-refractivity contribution in [3.05, 3.63) is 23.8 Å². The van der Waals surface area contributed by atoms with E-state index in [4.69, 9.17) is 5.11 Å². The lowest BCUT2D eigenvalue weighted by Gasteiger charge is -2.38. The third-order valence-electron chi connectivity index (χ3n) is 4.07. The molecule has 1 amide bonds. The van der Waals surface area contributed by atoms with Crippen molar-refractivity contribution >= 4 is 27.4 Å². The van der Waals surface area contributed by atoms with Gasteiger partial charge in [-0.15, -0.1) is 0 Å². The van der Waals surface area contributed by atoms with Gasteiger partial charge in [0.15, 0.2) is 9.84 Å². The van der Waals surface area contributed by atoms with Crippen LogP contribution in [0.2, 0.25) is 0 Å². The van der Waals surface area contributed by atoms with E-state index in [0.29, 0.717) is 12.8 Å². The zero-order valence-corrected chi connectivity index (χ0v) is 11.4. The number of carboxylic acid groups (broad SMARTS) is 1. The molecule has 1 fully saturated rings. The molecule has 0 unspecified atom stereocenters. The van der Waals surface area contributed by atoms with Crippen molar-refractivity contribution in [2.24, 2.45) is 5.41 Å². The van der Waals surface area contributed by atoms with Gasteiger partial charge in [-0.05, 0) is 31.0 Å². The minimum Gasteiger partial charge on any atom is -0.478 e. The van der Waals surface area contributed by atoms with E-state index in [2.05, 4.69) is 5.32 Å². The van der Waals surface area contributed by atoms with Crippen LogP contribution in [0.25, 0.3) is 0 Å². The van der Waals surface area contributed by atoms with E-state index in [1.807, 2.05) is 0 Å². The Balaban J connectivity index is 2.16. The van der Waals surface area contributed by atoms with Crippen LogP contribution < -0.4 is 5.32 Å². The number of carbonyl (C=O) groups is 2. The van der Waals surface area contributed by atoms with Gasteiger partial charge in [0.1, 0.15) is 0 Å². The minimum absolute atomic E-state index is 0.102.